The van der Waals surface area contributed by atoms with Crippen molar-refractivity contribution in [2.45, 2.75) is 37.0 Å². The van der Waals surface area contributed by atoms with E-state index in [0.717, 1.165) is 31.4 Å². The first kappa shape index (κ1) is 15.0. The molecule has 0 saturated heterocycles. The van der Waals surface area contributed by atoms with E-state index < -0.39 is 10.0 Å². The summed E-state index contributed by atoms with van der Waals surface area (Å²) in [5.74, 6) is 0. The molecule has 0 fully saturated rings. The average Bonchev–Trinajstić information content (AvgIpc) is 2.67. The highest BCUT2D eigenvalue weighted by molar-refractivity contribution is 9.10. The Hall–Kier alpha value is -0.920. The van der Waals surface area contributed by atoms with Gasteiger partial charge in [-0.05, 0) is 53.7 Å². The van der Waals surface area contributed by atoms with Crippen LogP contribution in [-0.4, -0.2) is 13.4 Å². The number of hydrogen-bond acceptors (Lipinski definition) is 4. The second-order valence-electron chi connectivity index (χ2n) is 4.99. The van der Waals surface area contributed by atoms with Crippen LogP contribution in [0.3, 0.4) is 0 Å². The van der Waals surface area contributed by atoms with E-state index in [2.05, 4.69) is 25.6 Å². The van der Waals surface area contributed by atoms with Crippen LogP contribution in [0.15, 0.2) is 33.6 Å². The number of anilines is 1. The summed E-state index contributed by atoms with van der Waals surface area (Å²) in [4.78, 5) is 5.92. The van der Waals surface area contributed by atoms with E-state index >= 15 is 0 Å². The summed E-state index contributed by atoms with van der Waals surface area (Å²) >= 11 is 4.74. The minimum absolute atomic E-state index is 0.232. The van der Waals surface area contributed by atoms with Crippen LogP contribution in [0.2, 0.25) is 0 Å². The fraction of sp³-hybridized carbons (Fsp3) is 0.357. The first-order valence-corrected chi connectivity index (χ1v) is 9.91. The lowest BCUT2D eigenvalue weighted by molar-refractivity contribution is 0.600. The van der Waals surface area contributed by atoms with Crippen molar-refractivity contribution < 1.29 is 8.42 Å². The third-order valence-electron chi connectivity index (χ3n) is 3.44. The maximum Gasteiger partial charge on any atom is 0.264 e. The molecule has 0 aliphatic heterocycles. The van der Waals surface area contributed by atoms with Gasteiger partial charge in [0, 0.05) is 9.35 Å². The number of nitrogens with zero attached hydrogens (tertiary/aromatic N) is 1. The number of rotatable bonds is 3. The Morgan fingerprint density at radius 1 is 1.14 bits per heavy atom. The number of thiazole rings is 1. The summed E-state index contributed by atoms with van der Waals surface area (Å²) in [7, 11) is -3.60. The monoisotopic (exact) mass is 386 g/mol. The Bertz CT molecular complexity index is 733. The lowest BCUT2D eigenvalue weighted by Crippen LogP contribution is -2.13. The van der Waals surface area contributed by atoms with Crippen molar-refractivity contribution >= 4 is 42.4 Å². The first-order valence-electron chi connectivity index (χ1n) is 6.82. The van der Waals surface area contributed by atoms with E-state index in [0.29, 0.717) is 9.60 Å². The molecule has 0 bridgehead atoms. The van der Waals surface area contributed by atoms with Gasteiger partial charge in [0.15, 0.2) is 5.13 Å². The van der Waals surface area contributed by atoms with Gasteiger partial charge in [0.2, 0.25) is 0 Å². The number of aromatic nitrogens is 1. The van der Waals surface area contributed by atoms with Gasteiger partial charge >= 0.3 is 0 Å². The van der Waals surface area contributed by atoms with Gasteiger partial charge in [0.25, 0.3) is 10.0 Å². The van der Waals surface area contributed by atoms with Crippen LogP contribution in [0, 0.1) is 0 Å². The van der Waals surface area contributed by atoms with Crippen molar-refractivity contribution in [3.63, 3.8) is 0 Å². The minimum Gasteiger partial charge on any atom is -0.255 e. The van der Waals surface area contributed by atoms with Gasteiger partial charge < -0.3 is 0 Å². The third kappa shape index (κ3) is 3.30. The van der Waals surface area contributed by atoms with Crippen molar-refractivity contribution in [2.75, 3.05) is 4.72 Å². The fourth-order valence-corrected chi connectivity index (χ4v) is 5.69. The summed E-state index contributed by atoms with van der Waals surface area (Å²) in [5.41, 5.74) is 1.06. The Labute approximate surface area is 136 Å². The van der Waals surface area contributed by atoms with Gasteiger partial charge in [-0.3, -0.25) is 4.72 Å². The second kappa shape index (κ2) is 6.06. The highest BCUT2D eigenvalue weighted by atomic mass is 79.9. The Morgan fingerprint density at radius 2 is 1.90 bits per heavy atom. The van der Waals surface area contributed by atoms with E-state index in [1.165, 1.54) is 22.6 Å². The lowest BCUT2D eigenvalue weighted by atomic mass is 10.2. The summed E-state index contributed by atoms with van der Waals surface area (Å²) in [6.07, 6.45) is 5.46. The number of hydrogen-bond donors (Lipinski definition) is 1. The molecule has 1 aliphatic rings. The molecule has 0 radical (unpaired) electrons. The number of sulfonamides is 1. The van der Waals surface area contributed by atoms with Crippen LogP contribution in [0.5, 0.6) is 0 Å². The maximum atomic E-state index is 12.4. The standard InChI is InChI=1S/C14H15BrN2O2S2/c15-10-6-4-5-9-13(10)21(18,19)17-14-16-11-7-2-1-3-8-12(11)20-14/h4-6,9H,1-3,7-8H2,(H,16,17). The van der Waals surface area contributed by atoms with Gasteiger partial charge in [0.05, 0.1) is 5.69 Å². The smallest absolute Gasteiger partial charge is 0.255 e. The van der Waals surface area contributed by atoms with Crippen molar-refractivity contribution in [1.29, 1.82) is 0 Å². The molecule has 1 aliphatic carbocycles. The Kier molecular flexibility index (Phi) is 4.33. The van der Waals surface area contributed by atoms with Crippen LogP contribution in [0.1, 0.15) is 29.8 Å². The Morgan fingerprint density at radius 3 is 2.71 bits per heavy atom. The molecule has 1 N–H and O–H groups in total. The highest BCUT2D eigenvalue weighted by Gasteiger charge is 2.21. The van der Waals surface area contributed by atoms with Crippen LogP contribution >= 0.6 is 27.3 Å². The maximum absolute atomic E-state index is 12.4. The highest BCUT2D eigenvalue weighted by Crippen LogP contribution is 2.31. The van der Waals surface area contributed by atoms with Gasteiger partial charge in [-0.2, -0.15) is 0 Å². The largest absolute Gasteiger partial charge is 0.264 e. The summed E-state index contributed by atoms with van der Waals surface area (Å²) in [6, 6.07) is 6.78. The fourth-order valence-electron chi connectivity index (χ4n) is 2.41. The molecule has 2 aromatic rings. The van der Waals surface area contributed by atoms with E-state index in [9.17, 15) is 8.42 Å². The van der Waals surface area contributed by atoms with Gasteiger partial charge in [-0.15, -0.1) is 11.3 Å². The average molecular weight is 387 g/mol. The van der Waals surface area contributed by atoms with E-state index in [1.807, 2.05) is 0 Å². The topological polar surface area (TPSA) is 59.1 Å². The number of halogens is 1. The molecule has 0 atom stereocenters. The van der Waals surface area contributed by atoms with Crippen molar-refractivity contribution in [3.05, 3.63) is 39.3 Å². The molecule has 4 nitrogen and oxygen atoms in total. The molecule has 0 amide bonds. The molecule has 0 spiro atoms. The predicted molar refractivity (Wildman–Crippen MR) is 88.3 cm³/mol. The molecule has 112 valence electrons. The van der Waals surface area contributed by atoms with Crippen LogP contribution in [0.4, 0.5) is 5.13 Å². The molecule has 3 rings (SSSR count). The van der Waals surface area contributed by atoms with E-state index in [1.54, 1.807) is 24.3 Å². The second-order valence-corrected chi connectivity index (χ2v) is 8.57. The number of aryl methyl sites for hydroxylation is 2. The minimum atomic E-state index is -3.60. The quantitative estimate of drug-likeness (QED) is 0.811. The Balaban J connectivity index is 1.88. The predicted octanol–water partition coefficient (Wildman–Crippen LogP) is 3.98. The summed E-state index contributed by atoms with van der Waals surface area (Å²) in [5, 5.41) is 0.470. The number of benzene rings is 1. The van der Waals surface area contributed by atoms with E-state index in [4.69, 9.17) is 0 Å². The van der Waals surface area contributed by atoms with Crippen molar-refractivity contribution in [1.82, 2.24) is 4.98 Å². The molecule has 21 heavy (non-hydrogen) atoms. The van der Waals surface area contributed by atoms with Crippen LogP contribution in [0.25, 0.3) is 0 Å². The summed E-state index contributed by atoms with van der Waals surface area (Å²) in [6.45, 7) is 0. The SMILES string of the molecule is O=S(=O)(Nc1nc2c(s1)CCCCC2)c1ccccc1Br. The van der Waals surface area contributed by atoms with Crippen LogP contribution < -0.4 is 4.72 Å². The number of fused-ring (bicyclic) bond motifs is 1. The van der Waals surface area contributed by atoms with Gasteiger partial charge in [-0.25, -0.2) is 13.4 Å². The molecular formula is C14H15BrN2O2S2. The molecular weight excluding hydrogens is 372 g/mol. The molecule has 7 heteroatoms. The van der Waals surface area contributed by atoms with Gasteiger partial charge in [-0.1, -0.05) is 18.6 Å². The lowest BCUT2D eigenvalue weighted by Gasteiger charge is -2.06. The zero-order valence-corrected chi connectivity index (χ0v) is 14.5. The normalized spacial score (nSPS) is 15.3. The third-order valence-corrected chi connectivity index (χ3v) is 7.00. The molecule has 0 saturated carbocycles. The van der Waals surface area contributed by atoms with E-state index in [-0.39, 0.29) is 4.90 Å². The zero-order valence-electron chi connectivity index (χ0n) is 11.3. The summed E-state index contributed by atoms with van der Waals surface area (Å²) < 4.78 is 28.0. The molecule has 0 unspecified atom stereocenters. The van der Waals surface area contributed by atoms with Gasteiger partial charge in [0.1, 0.15) is 4.90 Å². The van der Waals surface area contributed by atoms with Crippen molar-refractivity contribution in [3.8, 4) is 0 Å². The molecule has 1 heterocycles. The van der Waals surface area contributed by atoms with Crippen molar-refractivity contribution in [2.24, 2.45) is 0 Å². The van der Waals surface area contributed by atoms with Crippen LogP contribution in [-0.2, 0) is 22.9 Å². The first-order chi connectivity index (χ1) is 10.1. The zero-order chi connectivity index (χ0) is 14.9. The molecule has 1 aromatic carbocycles. The number of nitrogens with one attached hydrogen (secondary N) is 1. The molecule has 1 aromatic heterocycles.